The van der Waals surface area contributed by atoms with E-state index in [1.807, 2.05) is 48.5 Å². The van der Waals surface area contributed by atoms with E-state index in [9.17, 15) is 4.79 Å². The first-order valence-electron chi connectivity index (χ1n) is 8.88. The molecule has 0 bridgehead atoms. The number of rotatable bonds is 4. The van der Waals surface area contributed by atoms with Gasteiger partial charge in [0.25, 0.3) is 0 Å². The first kappa shape index (κ1) is 16.9. The van der Waals surface area contributed by atoms with Crippen molar-refractivity contribution in [3.8, 4) is 10.6 Å². The van der Waals surface area contributed by atoms with Gasteiger partial charge < -0.3 is 4.90 Å². The Morgan fingerprint density at radius 3 is 2.85 bits per heavy atom. The summed E-state index contributed by atoms with van der Waals surface area (Å²) in [6.45, 7) is 0.659. The van der Waals surface area contributed by atoms with Gasteiger partial charge in [-0.2, -0.15) is 0 Å². The van der Waals surface area contributed by atoms with Crippen LogP contribution in [-0.2, 0) is 24.2 Å². The predicted octanol–water partition coefficient (Wildman–Crippen LogP) is 3.97. The zero-order valence-corrected chi connectivity index (χ0v) is 15.6. The van der Waals surface area contributed by atoms with Gasteiger partial charge in [-0.1, -0.05) is 30.3 Å². The van der Waals surface area contributed by atoms with Crippen molar-refractivity contribution >= 4 is 17.2 Å². The van der Waals surface area contributed by atoms with Crippen molar-refractivity contribution in [2.24, 2.45) is 5.92 Å². The highest BCUT2D eigenvalue weighted by Gasteiger charge is 2.29. The monoisotopic (exact) mass is 363 g/mol. The first-order chi connectivity index (χ1) is 12.7. The third-order valence-electron chi connectivity index (χ3n) is 4.84. The lowest BCUT2D eigenvalue weighted by Crippen LogP contribution is -2.35. The van der Waals surface area contributed by atoms with Crippen LogP contribution >= 0.6 is 11.3 Å². The summed E-state index contributed by atoms with van der Waals surface area (Å²) in [5.41, 5.74) is 3.37. The van der Waals surface area contributed by atoms with Gasteiger partial charge in [0.1, 0.15) is 5.01 Å². The van der Waals surface area contributed by atoms with Crippen molar-refractivity contribution in [2.45, 2.75) is 25.8 Å². The largest absolute Gasteiger partial charge is 0.341 e. The molecule has 0 N–H and O–H groups in total. The quantitative estimate of drug-likeness (QED) is 0.705. The van der Waals surface area contributed by atoms with Crippen molar-refractivity contribution < 1.29 is 4.79 Å². The van der Waals surface area contributed by atoms with Crippen LogP contribution in [0.25, 0.3) is 10.6 Å². The zero-order chi connectivity index (χ0) is 17.9. The van der Waals surface area contributed by atoms with E-state index < -0.39 is 0 Å². The molecule has 0 saturated carbocycles. The Hall–Kier alpha value is -2.53. The molecule has 1 amide bonds. The van der Waals surface area contributed by atoms with Crippen molar-refractivity contribution in [1.29, 1.82) is 0 Å². The van der Waals surface area contributed by atoms with Crippen LogP contribution in [0.1, 0.15) is 22.6 Å². The molecular formula is C21H21N3OS. The van der Waals surface area contributed by atoms with Gasteiger partial charge in [0.2, 0.25) is 5.91 Å². The van der Waals surface area contributed by atoms with Gasteiger partial charge in [-0.3, -0.25) is 9.78 Å². The number of carbonyl (C=O) groups excluding carboxylic acids is 1. The number of fused-ring (bicyclic) bond motifs is 1. The molecule has 4 rings (SSSR count). The van der Waals surface area contributed by atoms with E-state index in [0.717, 1.165) is 41.1 Å². The van der Waals surface area contributed by atoms with Crippen LogP contribution in [0, 0.1) is 5.92 Å². The highest BCUT2D eigenvalue weighted by atomic mass is 32.1. The van der Waals surface area contributed by atoms with Gasteiger partial charge in [-0.25, -0.2) is 4.98 Å². The molecule has 1 unspecified atom stereocenters. The lowest BCUT2D eigenvalue weighted by molar-refractivity contribution is -0.135. The number of thiazole rings is 1. The number of hydrogen-bond acceptors (Lipinski definition) is 4. The van der Waals surface area contributed by atoms with Crippen LogP contribution in [0.3, 0.4) is 0 Å². The number of aromatic nitrogens is 2. The Labute approximate surface area is 157 Å². The lowest BCUT2D eigenvalue weighted by atomic mass is 9.90. The number of carbonyl (C=O) groups is 1. The van der Waals surface area contributed by atoms with Gasteiger partial charge in [0, 0.05) is 42.3 Å². The van der Waals surface area contributed by atoms with E-state index in [0.29, 0.717) is 6.54 Å². The maximum atomic E-state index is 12.9. The van der Waals surface area contributed by atoms with E-state index in [1.165, 1.54) is 4.88 Å². The molecule has 0 saturated heterocycles. The SMILES string of the molecule is CN(Cc1ccccc1)C(=O)C1CCc2nc(-c3cccnc3)sc2C1. The van der Waals surface area contributed by atoms with Crippen molar-refractivity contribution in [3.05, 3.63) is 71.0 Å². The Morgan fingerprint density at radius 2 is 2.08 bits per heavy atom. The number of hydrogen-bond donors (Lipinski definition) is 0. The Balaban J connectivity index is 1.46. The minimum absolute atomic E-state index is 0.0541. The molecule has 4 nitrogen and oxygen atoms in total. The smallest absolute Gasteiger partial charge is 0.226 e. The second-order valence-corrected chi connectivity index (χ2v) is 7.83. The van der Waals surface area contributed by atoms with Crippen LogP contribution in [-0.4, -0.2) is 27.8 Å². The van der Waals surface area contributed by atoms with Crippen molar-refractivity contribution in [1.82, 2.24) is 14.9 Å². The lowest BCUT2D eigenvalue weighted by Gasteiger charge is -2.26. The molecule has 1 aromatic carbocycles. The van der Waals surface area contributed by atoms with Crippen LogP contribution in [0.15, 0.2) is 54.9 Å². The van der Waals surface area contributed by atoms with E-state index in [-0.39, 0.29) is 11.8 Å². The summed E-state index contributed by atoms with van der Waals surface area (Å²) in [4.78, 5) is 25.0. The van der Waals surface area contributed by atoms with Crippen molar-refractivity contribution in [2.75, 3.05) is 7.05 Å². The molecule has 3 aromatic rings. The summed E-state index contributed by atoms with van der Waals surface area (Å²) in [5.74, 6) is 0.286. The van der Waals surface area contributed by atoms with E-state index in [1.54, 1.807) is 17.5 Å². The topological polar surface area (TPSA) is 46.1 Å². The first-order valence-corrected chi connectivity index (χ1v) is 9.70. The summed E-state index contributed by atoms with van der Waals surface area (Å²) in [6.07, 6.45) is 6.17. The summed E-state index contributed by atoms with van der Waals surface area (Å²) < 4.78 is 0. The molecule has 0 fully saturated rings. The highest BCUT2D eigenvalue weighted by molar-refractivity contribution is 7.15. The summed E-state index contributed by atoms with van der Waals surface area (Å²) >= 11 is 1.70. The van der Waals surface area contributed by atoms with Gasteiger partial charge in [-0.15, -0.1) is 11.3 Å². The molecule has 0 aliphatic heterocycles. The molecule has 1 aliphatic rings. The molecule has 0 spiro atoms. The summed E-state index contributed by atoms with van der Waals surface area (Å²) in [6, 6.07) is 14.1. The Morgan fingerprint density at radius 1 is 1.23 bits per heavy atom. The molecule has 0 radical (unpaired) electrons. The molecule has 2 aromatic heterocycles. The number of aryl methyl sites for hydroxylation is 1. The molecular weight excluding hydrogens is 342 g/mol. The third kappa shape index (κ3) is 3.53. The van der Waals surface area contributed by atoms with E-state index in [4.69, 9.17) is 4.98 Å². The standard InChI is InChI=1S/C21H21N3OS/c1-24(14-15-6-3-2-4-7-15)21(25)16-9-10-18-19(12-16)26-20(23-18)17-8-5-11-22-13-17/h2-8,11,13,16H,9-10,12,14H2,1H3. The zero-order valence-electron chi connectivity index (χ0n) is 14.8. The van der Waals surface area contributed by atoms with Crippen LogP contribution in [0.2, 0.25) is 0 Å². The molecule has 132 valence electrons. The number of nitrogens with zero attached hydrogens (tertiary/aromatic N) is 3. The van der Waals surface area contributed by atoms with Crippen LogP contribution in [0.5, 0.6) is 0 Å². The second kappa shape index (κ2) is 7.38. The average molecular weight is 363 g/mol. The maximum absolute atomic E-state index is 12.9. The fourth-order valence-corrected chi connectivity index (χ4v) is 4.62. The minimum atomic E-state index is 0.0541. The van der Waals surface area contributed by atoms with Crippen LogP contribution in [0.4, 0.5) is 0 Å². The van der Waals surface area contributed by atoms with Gasteiger partial charge in [0.05, 0.1) is 5.69 Å². The van der Waals surface area contributed by atoms with Gasteiger partial charge in [0.15, 0.2) is 0 Å². The molecule has 26 heavy (non-hydrogen) atoms. The highest BCUT2D eigenvalue weighted by Crippen LogP contribution is 2.35. The average Bonchev–Trinajstić information content (AvgIpc) is 3.12. The third-order valence-corrected chi connectivity index (χ3v) is 6.01. The number of benzene rings is 1. The number of pyridine rings is 1. The van der Waals surface area contributed by atoms with E-state index in [2.05, 4.69) is 17.1 Å². The van der Waals surface area contributed by atoms with Crippen molar-refractivity contribution in [3.63, 3.8) is 0 Å². The molecule has 1 aliphatic carbocycles. The predicted molar refractivity (Wildman–Crippen MR) is 104 cm³/mol. The fourth-order valence-electron chi connectivity index (χ4n) is 3.45. The van der Waals surface area contributed by atoms with Gasteiger partial charge >= 0.3 is 0 Å². The normalized spacial score (nSPS) is 16.1. The molecule has 1 atom stereocenters. The molecule has 5 heteroatoms. The fraction of sp³-hybridized carbons (Fsp3) is 0.286. The second-order valence-electron chi connectivity index (χ2n) is 6.75. The summed E-state index contributed by atoms with van der Waals surface area (Å²) in [5, 5.41) is 1.01. The Bertz CT molecular complexity index is 892. The number of amides is 1. The van der Waals surface area contributed by atoms with Crippen LogP contribution < -0.4 is 0 Å². The summed E-state index contributed by atoms with van der Waals surface area (Å²) in [7, 11) is 1.90. The minimum Gasteiger partial charge on any atom is -0.341 e. The Kier molecular flexibility index (Phi) is 4.80. The molecule has 2 heterocycles. The maximum Gasteiger partial charge on any atom is 0.226 e. The van der Waals surface area contributed by atoms with Gasteiger partial charge in [-0.05, 0) is 37.0 Å². The van der Waals surface area contributed by atoms with E-state index >= 15 is 0 Å².